The molecule has 2 aromatic rings. The van der Waals surface area contributed by atoms with Crippen LogP contribution >= 0.6 is 23.2 Å². The van der Waals surface area contributed by atoms with Crippen LogP contribution in [0.25, 0.3) is 0 Å². The molecule has 90 valence electrons. The summed E-state index contributed by atoms with van der Waals surface area (Å²) in [6, 6.07) is 1.18. The number of H-pyrrole nitrogens is 2. The molecule has 2 heterocycles. The lowest BCUT2D eigenvalue weighted by atomic mass is 10.3. The lowest BCUT2D eigenvalue weighted by Crippen LogP contribution is -2.27. The van der Waals surface area contributed by atoms with E-state index >= 15 is 0 Å². The van der Waals surface area contributed by atoms with Gasteiger partial charge in [0.1, 0.15) is 23.0 Å². The van der Waals surface area contributed by atoms with Gasteiger partial charge < -0.3 is 10.3 Å². The first-order valence-corrected chi connectivity index (χ1v) is 5.53. The number of carbonyl (C=O) groups is 1. The summed E-state index contributed by atoms with van der Waals surface area (Å²) in [6.45, 7) is 1.78. The first kappa shape index (κ1) is 11.9. The lowest BCUT2D eigenvalue weighted by Gasteiger charge is -2.09. The maximum absolute atomic E-state index is 11.8. The molecule has 0 fully saturated rings. The fourth-order valence-electron chi connectivity index (χ4n) is 1.29. The minimum absolute atomic E-state index is 0.240. The predicted octanol–water partition coefficient (Wildman–Crippen LogP) is 1.93. The summed E-state index contributed by atoms with van der Waals surface area (Å²) < 4.78 is 0. The van der Waals surface area contributed by atoms with E-state index in [1.807, 2.05) is 0 Å². The van der Waals surface area contributed by atoms with Gasteiger partial charge in [-0.2, -0.15) is 5.10 Å². The van der Waals surface area contributed by atoms with Gasteiger partial charge >= 0.3 is 0 Å². The number of rotatable bonds is 3. The van der Waals surface area contributed by atoms with Crippen molar-refractivity contribution in [2.45, 2.75) is 13.0 Å². The smallest absolute Gasteiger partial charge is 0.268 e. The van der Waals surface area contributed by atoms with Crippen molar-refractivity contribution in [1.29, 1.82) is 0 Å². The zero-order valence-electron chi connectivity index (χ0n) is 8.79. The average Bonchev–Trinajstić information content (AvgIpc) is 2.89. The molecule has 8 heteroatoms. The first-order chi connectivity index (χ1) is 8.08. The Morgan fingerprint density at radius 2 is 2.29 bits per heavy atom. The topological polar surface area (TPSA) is 86.5 Å². The molecular formula is C9H9Cl2N5O. The van der Waals surface area contributed by atoms with Gasteiger partial charge in [0.25, 0.3) is 5.91 Å². The second-order valence-electron chi connectivity index (χ2n) is 3.41. The Labute approximate surface area is 107 Å². The third-order valence-electron chi connectivity index (χ3n) is 2.16. The van der Waals surface area contributed by atoms with Crippen LogP contribution in [0.4, 0.5) is 0 Å². The van der Waals surface area contributed by atoms with Crippen molar-refractivity contribution < 1.29 is 4.79 Å². The highest BCUT2D eigenvalue weighted by Crippen LogP contribution is 2.22. The second kappa shape index (κ2) is 4.77. The highest BCUT2D eigenvalue weighted by Gasteiger charge is 2.16. The van der Waals surface area contributed by atoms with Crippen molar-refractivity contribution in [3.8, 4) is 0 Å². The molecule has 2 aromatic heterocycles. The molecule has 0 saturated carbocycles. The summed E-state index contributed by atoms with van der Waals surface area (Å²) in [5.74, 6) is 0.254. The number of aromatic amines is 2. The summed E-state index contributed by atoms with van der Waals surface area (Å²) in [5.41, 5.74) is 0.298. The fraction of sp³-hybridized carbons (Fsp3) is 0.222. The van der Waals surface area contributed by atoms with Gasteiger partial charge in [0, 0.05) is 0 Å². The Morgan fingerprint density at radius 1 is 1.53 bits per heavy atom. The van der Waals surface area contributed by atoms with Crippen LogP contribution in [0.1, 0.15) is 29.3 Å². The third kappa shape index (κ3) is 2.59. The molecule has 1 unspecified atom stereocenters. The van der Waals surface area contributed by atoms with E-state index in [4.69, 9.17) is 23.2 Å². The van der Waals surface area contributed by atoms with E-state index in [0.29, 0.717) is 16.5 Å². The van der Waals surface area contributed by atoms with Gasteiger partial charge in [-0.1, -0.05) is 23.2 Å². The molecule has 0 aliphatic carbocycles. The fourth-order valence-corrected chi connectivity index (χ4v) is 1.61. The second-order valence-corrected chi connectivity index (χ2v) is 4.20. The summed E-state index contributed by atoms with van der Waals surface area (Å²) in [4.78, 5) is 18.4. The molecule has 0 radical (unpaired) electrons. The van der Waals surface area contributed by atoms with Crippen molar-refractivity contribution in [3.63, 3.8) is 0 Å². The van der Waals surface area contributed by atoms with Gasteiger partial charge in [-0.25, -0.2) is 4.98 Å². The lowest BCUT2D eigenvalue weighted by molar-refractivity contribution is 0.0934. The van der Waals surface area contributed by atoms with E-state index in [2.05, 4.69) is 25.5 Å². The summed E-state index contributed by atoms with van der Waals surface area (Å²) in [6.07, 6.45) is 1.38. The van der Waals surface area contributed by atoms with Gasteiger partial charge in [-0.3, -0.25) is 9.89 Å². The molecule has 2 rings (SSSR count). The zero-order valence-corrected chi connectivity index (χ0v) is 10.3. The van der Waals surface area contributed by atoms with Gasteiger partial charge in [-0.05, 0) is 13.0 Å². The SMILES string of the molecule is CC(NC(=O)c1cc(Cl)c(Cl)[nH]1)c1ncn[nH]1. The number of carbonyl (C=O) groups excluding carboxylic acids is 1. The quantitative estimate of drug-likeness (QED) is 0.799. The highest BCUT2D eigenvalue weighted by atomic mass is 35.5. The van der Waals surface area contributed by atoms with Gasteiger partial charge in [0.15, 0.2) is 0 Å². The molecular weight excluding hydrogens is 265 g/mol. The van der Waals surface area contributed by atoms with Crippen molar-refractivity contribution in [2.75, 3.05) is 0 Å². The Hall–Kier alpha value is -1.53. The molecule has 0 aromatic carbocycles. The molecule has 17 heavy (non-hydrogen) atoms. The average molecular weight is 274 g/mol. The largest absolute Gasteiger partial charge is 0.341 e. The van der Waals surface area contributed by atoms with E-state index < -0.39 is 0 Å². The van der Waals surface area contributed by atoms with Crippen molar-refractivity contribution in [3.05, 3.63) is 34.1 Å². The Balaban J connectivity index is 2.07. The minimum Gasteiger partial charge on any atom is -0.341 e. The van der Waals surface area contributed by atoms with Crippen molar-refractivity contribution >= 4 is 29.1 Å². The summed E-state index contributed by atoms with van der Waals surface area (Å²) in [5, 5.41) is 9.64. The van der Waals surface area contributed by atoms with E-state index in [9.17, 15) is 4.79 Å². The molecule has 0 aliphatic heterocycles. The highest BCUT2D eigenvalue weighted by molar-refractivity contribution is 6.41. The number of hydrogen-bond acceptors (Lipinski definition) is 3. The summed E-state index contributed by atoms with van der Waals surface area (Å²) >= 11 is 11.5. The molecule has 1 atom stereocenters. The van der Waals surface area contributed by atoms with E-state index in [0.717, 1.165) is 0 Å². The van der Waals surface area contributed by atoms with Gasteiger partial charge in [-0.15, -0.1) is 0 Å². The van der Waals surface area contributed by atoms with E-state index in [1.54, 1.807) is 6.92 Å². The predicted molar refractivity (Wildman–Crippen MR) is 63.1 cm³/mol. The molecule has 0 saturated heterocycles. The Morgan fingerprint density at radius 3 is 2.82 bits per heavy atom. The Kier molecular flexibility index (Phi) is 3.35. The monoisotopic (exact) mass is 273 g/mol. The van der Waals surface area contributed by atoms with Crippen LogP contribution in [0.5, 0.6) is 0 Å². The van der Waals surface area contributed by atoms with Crippen molar-refractivity contribution in [2.24, 2.45) is 0 Å². The standard InChI is InChI=1S/C9H9Cl2N5O/c1-4(8-12-3-13-16-8)14-9(17)6-2-5(10)7(11)15-6/h2-4,15H,1H3,(H,14,17)(H,12,13,16). The molecule has 0 spiro atoms. The van der Waals surface area contributed by atoms with Crippen LogP contribution in [0, 0.1) is 0 Å². The molecule has 0 bridgehead atoms. The van der Waals surface area contributed by atoms with E-state index in [-0.39, 0.29) is 17.1 Å². The normalized spacial score (nSPS) is 12.4. The molecule has 0 aliphatic rings. The number of hydrogen-bond donors (Lipinski definition) is 3. The number of nitrogens with one attached hydrogen (secondary N) is 3. The number of aromatic nitrogens is 4. The maximum atomic E-state index is 11.8. The van der Waals surface area contributed by atoms with Crippen LogP contribution in [-0.2, 0) is 0 Å². The zero-order chi connectivity index (χ0) is 12.4. The first-order valence-electron chi connectivity index (χ1n) is 4.78. The van der Waals surface area contributed by atoms with Crippen LogP contribution in [0.3, 0.4) is 0 Å². The maximum Gasteiger partial charge on any atom is 0.268 e. The molecule has 6 nitrogen and oxygen atoms in total. The molecule has 3 N–H and O–H groups in total. The Bertz CT molecular complexity index is 502. The van der Waals surface area contributed by atoms with Crippen LogP contribution in [-0.4, -0.2) is 26.1 Å². The third-order valence-corrected chi connectivity index (χ3v) is 2.85. The van der Waals surface area contributed by atoms with Gasteiger partial charge in [0.05, 0.1) is 11.1 Å². The minimum atomic E-state index is -0.317. The van der Waals surface area contributed by atoms with Crippen LogP contribution in [0.15, 0.2) is 12.4 Å². The number of amides is 1. The number of nitrogens with zero attached hydrogens (tertiary/aromatic N) is 2. The van der Waals surface area contributed by atoms with E-state index in [1.165, 1.54) is 12.4 Å². The summed E-state index contributed by atoms with van der Waals surface area (Å²) in [7, 11) is 0. The van der Waals surface area contributed by atoms with Crippen LogP contribution < -0.4 is 5.32 Å². The van der Waals surface area contributed by atoms with Crippen LogP contribution in [0.2, 0.25) is 10.2 Å². The number of halogens is 2. The van der Waals surface area contributed by atoms with Gasteiger partial charge in [0.2, 0.25) is 0 Å². The molecule has 1 amide bonds. The van der Waals surface area contributed by atoms with Crippen molar-refractivity contribution in [1.82, 2.24) is 25.5 Å².